The van der Waals surface area contributed by atoms with Crippen LogP contribution in [0.3, 0.4) is 0 Å². The first-order valence-electron chi connectivity index (χ1n) is 5.47. The highest BCUT2D eigenvalue weighted by atomic mass is 16.1. The first-order valence-corrected chi connectivity index (χ1v) is 5.47. The van der Waals surface area contributed by atoms with E-state index in [0.29, 0.717) is 13.0 Å². The number of hydrogen-bond acceptors (Lipinski definition) is 2. The molecule has 0 saturated carbocycles. The summed E-state index contributed by atoms with van der Waals surface area (Å²) in [7, 11) is 0. The number of pyridine rings is 1. The van der Waals surface area contributed by atoms with Crippen molar-refractivity contribution >= 4 is 5.91 Å². The van der Waals surface area contributed by atoms with Gasteiger partial charge in [-0.1, -0.05) is 13.0 Å². The van der Waals surface area contributed by atoms with E-state index in [9.17, 15) is 4.79 Å². The molecule has 0 spiro atoms. The summed E-state index contributed by atoms with van der Waals surface area (Å²) in [5.41, 5.74) is 2.09. The number of hydrogen-bond donors (Lipinski definition) is 1. The third-order valence-electron chi connectivity index (χ3n) is 2.21. The largest absolute Gasteiger partial charge is 0.356 e. The molecule has 1 aromatic heterocycles. The first-order chi connectivity index (χ1) is 7.26. The number of amides is 1. The molecule has 0 radical (unpaired) electrons. The molecule has 15 heavy (non-hydrogen) atoms. The van der Waals surface area contributed by atoms with Gasteiger partial charge in [-0.2, -0.15) is 0 Å². The zero-order valence-electron chi connectivity index (χ0n) is 9.42. The normalized spacial score (nSPS) is 10.0. The molecule has 0 bridgehead atoms. The van der Waals surface area contributed by atoms with Crippen LogP contribution in [-0.2, 0) is 17.6 Å². The predicted molar refractivity (Wildman–Crippen MR) is 60.6 cm³/mol. The fraction of sp³-hybridized carbons (Fsp3) is 0.500. The number of rotatable bonds is 5. The fourth-order valence-corrected chi connectivity index (χ4v) is 1.39. The molecule has 3 heteroatoms. The van der Waals surface area contributed by atoms with Crippen LogP contribution in [0.1, 0.15) is 31.7 Å². The lowest BCUT2D eigenvalue weighted by atomic mass is 10.2. The van der Waals surface area contributed by atoms with Crippen LogP contribution in [0.25, 0.3) is 0 Å². The van der Waals surface area contributed by atoms with E-state index in [0.717, 1.165) is 24.2 Å². The van der Waals surface area contributed by atoms with Crippen LogP contribution in [0.15, 0.2) is 18.2 Å². The summed E-state index contributed by atoms with van der Waals surface area (Å²) in [6.45, 7) is 4.70. The average molecular weight is 206 g/mol. The van der Waals surface area contributed by atoms with Gasteiger partial charge >= 0.3 is 0 Å². The Balaban J connectivity index is 2.46. The lowest BCUT2D eigenvalue weighted by Crippen LogP contribution is -2.22. The summed E-state index contributed by atoms with van der Waals surface area (Å²) < 4.78 is 0. The Morgan fingerprint density at radius 1 is 1.33 bits per heavy atom. The Hall–Kier alpha value is -1.38. The Morgan fingerprint density at radius 3 is 2.73 bits per heavy atom. The molecule has 0 aromatic carbocycles. The van der Waals surface area contributed by atoms with Gasteiger partial charge in [-0.05, 0) is 31.9 Å². The Morgan fingerprint density at radius 2 is 2.07 bits per heavy atom. The molecule has 3 nitrogen and oxygen atoms in total. The van der Waals surface area contributed by atoms with Crippen LogP contribution in [0.5, 0.6) is 0 Å². The fourth-order valence-electron chi connectivity index (χ4n) is 1.39. The molecule has 1 rings (SSSR count). The van der Waals surface area contributed by atoms with E-state index in [1.165, 1.54) is 0 Å². The van der Waals surface area contributed by atoms with Crippen molar-refractivity contribution in [3.05, 3.63) is 29.6 Å². The number of aromatic nitrogens is 1. The highest BCUT2D eigenvalue weighted by Gasteiger charge is 2.01. The van der Waals surface area contributed by atoms with Crippen molar-refractivity contribution in [2.75, 3.05) is 6.54 Å². The van der Waals surface area contributed by atoms with Gasteiger partial charge in [0.05, 0.1) is 0 Å². The minimum absolute atomic E-state index is 0.0983. The maximum atomic E-state index is 11.2. The average Bonchev–Trinajstić information content (AvgIpc) is 2.27. The van der Waals surface area contributed by atoms with E-state index in [1.54, 1.807) is 0 Å². The molecule has 0 saturated heterocycles. The molecule has 0 unspecified atom stereocenters. The molecule has 1 heterocycles. The van der Waals surface area contributed by atoms with Gasteiger partial charge < -0.3 is 5.32 Å². The van der Waals surface area contributed by atoms with Gasteiger partial charge in [-0.3, -0.25) is 9.78 Å². The van der Waals surface area contributed by atoms with Crippen LogP contribution in [0, 0.1) is 0 Å². The van der Waals surface area contributed by atoms with E-state index >= 15 is 0 Å². The van der Waals surface area contributed by atoms with Gasteiger partial charge in [-0.25, -0.2) is 0 Å². The molecule has 1 N–H and O–H groups in total. The second-order valence-corrected chi connectivity index (χ2v) is 3.43. The van der Waals surface area contributed by atoms with Crippen molar-refractivity contribution in [2.24, 2.45) is 0 Å². The highest BCUT2D eigenvalue weighted by Crippen LogP contribution is 2.02. The van der Waals surface area contributed by atoms with Gasteiger partial charge in [0, 0.05) is 24.4 Å². The second kappa shape index (κ2) is 6.17. The molecule has 0 atom stereocenters. The van der Waals surface area contributed by atoms with E-state index in [4.69, 9.17) is 0 Å². The van der Waals surface area contributed by atoms with Gasteiger partial charge in [0.2, 0.25) is 5.91 Å². The number of nitrogens with zero attached hydrogens (tertiary/aromatic N) is 1. The van der Waals surface area contributed by atoms with Crippen LogP contribution in [-0.4, -0.2) is 17.4 Å². The standard InChI is InChI=1S/C12H18N2O/c1-3-10-6-5-7-11(14-10)8-9-12(15)13-4-2/h5-7H,3-4,8-9H2,1-2H3,(H,13,15). The Labute approximate surface area is 90.9 Å². The molecule has 1 aromatic rings. The number of carbonyl (C=O) groups is 1. The van der Waals surface area contributed by atoms with Crippen LogP contribution < -0.4 is 5.32 Å². The van der Waals surface area contributed by atoms with Crippen molar-refractivity contribution in [1.29, 1.82) is 0 Å². The molecule has 0 aliphatic heterocycles. The van der Waals surface area contributed by atoms with Crippen LogP contribution in [0.4, 0.5) is 0 Å². The lowest BCUT2D eigenvalue weighted by molar-refractivity contribution is -0.120. The van der Waals surface area contributed by atoms with Gasteiger partial charge in [0.25, 0.3) is 0 Å². The van der Waals surface area contributed by atoms with Gasteiger partial charge in [-0.15, -0.1) is 0 Å². The second-order valence-electron chi connectivity index (χ2n) is 3.43. The zero-order valence-corrected chi connectivity index (χ0v) is 9.42. The molecule has 0 aliphatic rings. The topological polar surface area (TPSA) is 42.0 Å². The summed E-state index contributed by atoms with van der Waals surface area (Å²) >= 11 is 0. The van der Waals surface area contributed by atoms with Crippen molar-refractivity contribution in [2.45, 2.75) is 33.1 Å². The van der Waals surface area contributed by atoms with Crippen molar-refractivity contribution in [1.82, 2.24) is 10.3 Å². The third kappa shape index (κ3) is 4.11. The Bertz CT molecular complexity index is 323. The van der Waals surface area contributed by atoms with E-state index in [-0.39, 0.29) is 5.91 Å². The van der Waals surface area contributed by atoms with Gasteiger partial charge in [0.15, 0.2) is 0 Å². The van der Waals surface area contributed by atoms with E-state index in [1.807, 2.05) is 25.1 Å². The molecule has 0 fully saturated rings. The lowest BCUT2D eigenvalue weighted by Gasteiger charge is -2.03. The van der Waals surface area contributed by atoms with Crippen molar-refractivity contribution in [3.8, 4) is 0 Å². The monoisotopic (exact) mass is 206 g/mol. The summed E-state index contributed by atoms with van der Waals surface area (Å²) in [5.74, 6) is 0.0983. The maximum absolute atomic E-state index is 11.2. The number of nitrogens with one attached hydrogen (secondary N) is 1. The highest BCUT2D eigenvalue weighted by molar-refractivity contribution is 5.75. The first kappa shape index (κ1) is 11.7. The van der Waals surface area contributed by atoms with Gasteiger partial charge in [0.1, 0.15) is 0 Å². The van der Waals surface area contributed by atoms with E-state index < -0.39 is 0 Å². The summed E-state index contributed by atoms with van der Waals surface area (Å²) in [6.07, 6.45) is 2.18. The molecule has 82 valence electrons. The predicted octanol–water partition coefficient (Wildman–Crippen LogP) is 1.71. The minimum Gasteiger partial charge on any atom is -0.356 e. The maximum Gasteiger partial charge on any atom is 0.220 e. The van der Waals surface area contributed by atoms with Crippen LogP contribution in [0.2, 0.25) is 0 Å². The molecular formula is C12H18N2O. The third-order valence-corrected chi connectivity index (χ3v) is 2.21. The molecule has 1 amide bonds. The number of aryl methyl sites for hydroxylation is 2. The summed E-state index contributed by atoms with van der Waals surface area (Å²) in [6, 6.07) is 5.98. The SMILES string of the molecule is CCNC(=O)CCc1cccc(CC)n1. The summed E-state index contributed by atoms with van der Waals surface area (Å²) in [4.78, 5) is 15.7. The smallest absolute Gasteiger partial charge is 0.220 e. The zero-order chi connectivity index (χ0) is 11.1. The van der Waals surface area contributed by atoms with Crippen LogP contribution >= 0.6 is 0 Å². The Kier molecular flexibility index (Phi) is 4.81. The summed E-state index contributed by atoms with van der Waals surface area (Å²) in [5, 5.41) is 2.78. The van der Waals surface area contributed by atoms with E-state index in [2.05, 4.69) is 17.2 Å². The quantitative estimate of drug-likeness (QED) is 0.797. The molecule has 0 aliphatic carbocycles. The minimum atomic E-state index is 0.0983. The van der Waals surface area contributed by atoms with Crippen molar-refractivity contribution < 1.29 is 4.79 Å². The van der Waals surface area contributed by atoms with Crippen molar-refractivity contribution in [3.63, 3.8) is 0 Å². The number of carbonyl (C=O) groups excluding carboxylic acids is 1. The molecular weight excluding hydrogens is 188 g/mol.